The molecule has 1 aliphatic rings. The molecule has 3 aromatic rings. The SMILES string of the molecule is CCOC(=O)C1C=NCCc2c1n(C(=O)c1cccc(OC)c1)c1ccccc21. The molecule has 0 aliphatic carbocycles. The van der Waals surface area contributed by atoms with Gasteiger partial charge < -0.3 is 9.47 Å². The minimum absolute atomic E-state index is 0.217. The number of esters is 1. The second-order valence-corrected chi connectivity index (χ2v) is 6.79. The molecule has 0 bridgehead atoms. The van der Waals surface area contributed by atoms with Crippen molar-refractivity contribution in [3.8, 4) is 5.75 Å². The summed E-state index contributed by atoms with van der Waals surface area (Å²) in [6.07, 6.45) is 2.26. The Morgan fingerprint density at radius 2 is 2.00 bits per heavy atom. The highest BCUT2D eigenvalue weighted by Crippen LogP contribution is 2.34. The number of aromatic nitrogens is 1. The molecular weight excluding hydrogens is 368 g/mol. The van der Waals surface area contributed by atoms with Crippen molar-refractivity contribution in [3.63, 3.8) is 0 Å². The van der Waals surface area contributed by atoms with Gasteiger partial charge in [-0.15, -0.1) is 0 Å². The summed E-state index contributed by atoms with van der Waals surface area (Å²) < 4.78 is 12.2. The van der Waals surface area contributed by atoms with Gasteiger partial charge in [0.2, 0.25) is 0 Å². The summed E-state index contributed by atoms with van der Waals surface area (Å²) in [6, 6.07) is 14.7. The lowest BCUT2D eigenvalue weighted by Gasteiger charge is -2.16. The smallest absolute Gasteiger partial charge is 0.320 e. The lowest BCUT2D eigenvalue weighted by Crippen LogP contribution is -2.24. The van der Waals surface area contributed by atoms with Crippen LogP contribution in [-0.2, 0) is 16.0 Å². The first-order valence-corrected chi connectivity index (χ1v) is 9.63. The highest BCUT2D eigenvalue weighted by Gasteiger charge is 2.32. The highest BCUT2D eigenvalue weighted by atomic mass is 16.5. The summed E-state index contributed by atoms with van der Waals surface area (Å²) in [5.41, 5.74) is 2.86. The lowest BCUT2D eigenvalue weighted by molar-refractivity contribution is -0.143. The molecule has 1 unspecified atom stereocenters. The third-order valence-electron chi connectivity index (χ3n) is 5.12. The van der Waals surface area contributed by atoms with Gasteiger partial charge in [0, 0.05) is 29.4 Å². The average molecular weight is 390 g/mol. The number of carbonyl (C=O) groups excluding carboxylic acids is 2. The Bertz CT molecular complexity index is 1110. The Kier molecular flexibility index (Phi) is 5.16. The van der Waals surface area contributed by atoms with E-state index in [-0.39, 0.29) is 12.5 Å². The zero-order valence-corrected chi connectivity index (χ0v) is 16.4. The maximum Gasteiger partial charge on any atom is 0.320 e. The van der Waals surface area contributed by atoms with E-state index in [1.165, 1.54) is 0 Å². The molecule has 1 aromatic heterocycles. The van der Waals surface area contributed by atoms with Gasteiger partial charge in [-0.1, -0.05) is 24.3 Å². The Morgan fingerprint density at radius 3 is 2.79 bits per heavy atom. The van der Waals surface area contributed by atoms with Crippen LogP contribution in [0.2, 0.25) is 0 Å². The van der Waals surface area contributed by atoms with Gasteiger partial charge in [-0.3, -0.25) is 19.1 Å². The van der Waals surface area contributed by atoms with Crippen LogP contribution in [0.25, 0.3) is 10.9 Å². The van der Waals surface area contributed by atoms with Crippen LogP contribution < -0.4 is 4.74 Å². The van der Waals surface area contributed by atoms with E-state index in [0.29, 0.717) is 30.0 Å². The van der Waals surface area contributed by atoms with Crippen molar-refractivity contribution in [2.75, 3.05) is 20.3 Å². The molecule has 1 aliphatic heterocycles. The van der Waals surface area contributed by atoms with Crippen LogP contribution in [0.5, 0.6) is 5.75 Å². The van der Waals surface area contributed by atoms with Crippen molar-refractivity contribution in [1.82, 2.24) is 4.57 Å². The first-order chi connectivity index (χ1) is 14.2. The van der Waals surface area contributed by atoms with Crippen molar-refractivity contribution >= 4 is 29.0 Å². The number of methoxy groups -OCH3 is 1. The number of benzene rings is 2. The fourth-order valence-corrected chi connectivity index (χ4v) is 3.85. The van der Waals surface area contributed by atoms with Crippen molar-refractivity contribution < 1.29 is 19.1 Å². The maximum atomic E-state index is 13.6. The third kappa shape index (κ3) is 3.31. The number of para-hydroxylation sites is 1. The van der Waals surface area contributed by atoms with Gasteiger partial charge in [0.15, 0.2) is 0 Å². The molecule has 6 heteroatoms. The summed E-state index contributed by atoms with van der Waals surface area (Å²) in [5.74, 6) is -0.746. The van der Waals surface area contributed by atoms with Gasteiger partial charge in [0.05, 0.1) is 19.2 Å². The number of hydrogen-bond donors (Lipinski definition) is 0. The number of carbonyl (C=O) groups is 2. The van der Waals surface area contributed by atoms with Crippen LogP contribution in [0.3, 0.4) is 0 Å². The third-order valence-corrected chi connectivity index (χ3v) is 5.12. The van der Waals surface area contributed by atoms with E-state index in [9.17, 15) is 9.59 Å². The predicted molar refractivity (Wildman–Crippen MR) is 111 cm³/mol. The molecule has 0 radical (unpaired) electrons. The Labute approximate surface area is 168 Å². The first kappa shape index (κ1) is 18.9. The van der Waals surface area contributed by atoms with Crippen LogP contribution in [0.15, 0.2) is 53.5 Å². The average Bonchev–Trinajstić information content (AvgIpc) is 2.91. The molecule has 0 fully saturated rings. The normalized spacial score (nSPS) is 15.6. The van der Waals surface area contributed by atoms with Crippen LogP contribution in [-0.4, -0.2) is 42.9 Å². The zero-order valence-electron chi connectivity index (χ0n) is 16.4. The Balaban J connectivity index is 1.97. The second-order valence-electron chi connectivity index (χ2n) is 6.79. The van der Waals surface area contributed by atoms with Crippen molar-refractivity contribution in [2.24, 2.45) is 4.99 Å². The molecule has 0 saturated heterocycles. The largest absolute Gasteiger partial charge is 0.497 e. The van der Waals surface area contributed by atoms with E-state index >= 15 is 0 Å². The van der Waals surface area contributed by atoms with Crippen molar-refractivity contribution in [2.45, 2.75) is 19.3 Å². The molecule has 0 amide bonds. The molecule has 0 N–H and O–H groups in total. The van der Waals surface area contributed by atoms with Gasteiger partial charge in [-0.25, -0.2) is 0 Å². The number of aliphatic imine (C=N–C) groups is 1. The van der Waals surface area contributed by atoms with Gasteiger partial charge in [0.1, 0.15) is 11.7 Å². The van der Waals surface area contributed by atoms with Gasteiger partial charge >= 0.3 is 5.97 Å². The topological polar surface area (TPSA) is 69.9 Å². The van der Waals surface area contributed by atoms with Crippen molar-refractivity contribution in [1.29, 1.82) is 0 Å². The molecule has 1 atom stereocenters. The lowest BCUT2D eigenvalue weighted by atomic mass is 10.00. The monoisotopic (exact) mass is 390 g/mol. The quantitative estimate of drug-likeness (QED) is 0.638. The molecular formula is C23H22N2O4. The minimum Gasteiger partial charge on any atom is -0.497 e. The predicted octanol–water partition coefficient (Wildman–Crippen LogP) is 3.61. The maximum absolute atomic E-state index is 13.6. The van der Waals surface area contributed by atoms with Gasteiger partial charge in [0.25, 0.3) is 5.91 Å². The Morgan fingerprint density at radius 1 is 1.17 bits per heavy atom. The summed E-state index contributed by atoms with van der Waals surface area (Å²) in [5, 5.41) is 0.957. The summed E-state index contributed by atoms with van der Waals surface area (Å²) >= 11 is 0. The standard InChI is InChI=1S/C23H22N2O4/c1-3-29-23(27)19-14-24-12-11-18-17-9-4-5-10-20(17)25(21(18)19)22(26)15-7-6-8-16(13-15)28-2/h4-10,13-14,19H,3,11-12H2,1-2H3. The summed E-state index contributed by atoms with van der Waals surface area (Å²) in [4.78, 5) is 30.7. The summed E-state index contributed by atoms with van der Waals surface area (Å²) in [6.45, 7) is 2.59. The molecule has 2 aromatic carbocycles. The van der Waals surface area contributed by atoms with E-state index < -0.39 is 11.9 Å². The van der Waals surface area contributed by atoms with Gasteiger partial charge in [-0.2, -0.15) is 0 Å². The van der Waals surface area contributed by atoms with Crippen LogP contribution in [0, 0.1) is 0 Å². The van der Waals surface area contributed by atoms with E-state index in [1.807, 2.05) is 24.3 Å². The molecule has 2 heterocycles. The highest BCUT2D eigenvalue weighted by molar-refractivity contribution is 6.07. The van der Waals surface area contributed by atoms with Crippen LogP contribution >= 0.6 is 0 Å². The van der Waals surface area contributed by atoms with Crippen molar-refractivity contribution in [3.05, 3.63) is 65.4 Å². The molecule has 0 saturated carbocycles. The van der Waals surface area contributed by atoms with Crippen LogP contribution in [0.1, 0.15) is 34.5 Å². The van der Waals surface area contributed by atoms with E-state index in [4.69, 9.17) is 9.47 Å². The minimum atomic E-state index is -0.727. The molecule has 6 nitrogen and oxygen atoms in total. The molecule has 148 valence electrons. The number of hydrogen-bond acceptors (Lipinski definition) is 5. The number of ether oxygens (including phenoxy) is 2. The zero-order chi connectivity index (χ0) is 20.4. The van der Waals surface area contributed by atoms with Gasteiger partial charge in [-0.05, 0) is 43.2 Å². The number of fused-ring (bicyclic) bond motifs is 3. The van der Waals surface area contributed by atoms with Crippen LogP contribution in [0.4, 0.5) is 0 Å². The fraction of sp³-hybridized carbons (Fsp3) is 0.261. The second kappa shape index (κ2) is 7.91. The fourth-order valence-electron chi connectivity index (χ4n) is 3.85. The number of nitrogens with zero attached hydrogens (tertiary/aromatic N) is 2. The van der Waals surface area contributed by atoms with E-state index in [1.54, 1.807) is 49.1 Å². The van der Waals surface area contributed by atoms with E-state index in [2.05, 4.69) is 4.99 Å². The summed E-state index contributed by atoms with van der Waals surface area (Å²) in [7, 11) is 1.56. The first-order valence-electron chi connectivity index (χ1n) is 9.63. The molecule has 0 spiro atoms. The Hall–Kier alpha value is -3.41. The molecule has 29 heavy (non-hydrogen) atoms. The van der Waals surface area contributed by atoms with E-state index in [0.717, 1.165) is 16.5 Å². The molecule has 4 rings (SSSR count). The number of rotatable bonds is 4.